The molecule has 1 aromatic rings. The minimum Gasteiger partial charge on any atom is -0.369 e. The molecule has 0 saturated carbocycles. The quantitative estimate of drug-likeness (QED) is 0.866. The lowest BCUT2D eigenvalue weighted by molar-refractivity contribution is -0.137. The van der Waals surface area contributed by atoms with E-state index >= 15 is 0 Å². The first kappa shape index (κ1) is 16.0. The highest BCUT2D eigenvalue weighted by molar-refractivity contribution is 5.48. The number of halogens is 5. The molecule has 0 unspecified atom stereocenters. The van der Waals surface area contributed by atoms with Crippen molar-refractivity contribution in [3.8, 4) is 0 Å². The van der Waals surface area contributed by atoms with Crippen LogP contribution < -0.4 is 10.2 Å². The summed E-state index contributed by atoms with van der Waals surface area (Å²) in [7, 11) is 0. The average Bonchev–Trinajstić information content (AvgIpc) is 2.45. The van der Waals surface area contributed by atoms with Gasteiger partial charge in [-0.05, 0) is 24.3 Å². The normalized spacial score (nSPS) is 20.1. The number of benzene rings is 1. The average molecular weight is 310 g/mol. The molecule has 3 nitrogen and oxygen atoms in total. The van der Waals surface area contributed by atoms with Crippen molar-refractivity contribution in [1.82, 2.24) is 5.32 Å². The fourth-order valence-corrected chi connectivity index (χ4v) is 2.22. The first-order chi connectivity index (χ1) is 9.86. The van der Waals surface area contributed by atoms with Crippen molar-refractivity contribution in [2.75, 3.05) is 31.1 Å². The molecule has 0 aliphatic carbocycles. The van der Waals surface area contributed by atoms with Gasteiger partial charge in [-0.15, -0.1) is 0 Å². The second-order valence-corrected chi connectivity index (χ2v) is 4.74. The molecule has 0 bridgehead atoms. The van der Waals surface area contributed by atoms with Crippen LogP contribution in [0.15, 0.2) is 24.3 Å². The lowest BCUT2D eigenvalue weighted by atomic mass is 10.1. The van der Waals surface area contributed by atoms with Gasteiger partial charge in [0, 0.05) is 31.4 Å². The van der Waals surface area contributed by atoms with Gasteiger partial charge >= 0.3 is 12.8 Å². The lowest BCUT2D eigenvalue weighted by Gasteiger charge is -2.35. The predicted octanol–water partition coefficient (Wildman–Crippen LogP) is 2.72. The molecule has 1 atom stereocenters. The van der Waals surface area contributed by atoms with Crippen molar-refractivity contribution in [2.45, 2.75) is 18.8 Å². The molecular weight excluding hydrogens is 295 g/mol. The largest absolute Gasteiger partial charge is 0.416 e. The molecule has 1 saturated heterocycles. The van der Waals surface area contributed by atoms with Crippen LogP contribution in [0.3, 0.4) is 0 Å². The fraction of sp³-hybridized carbons (Fsp3) is 0.538. The molecule has 0 spiro atoms. The molecule has 1 heterocycles. The molecule has 21 heavy (non-hydrogen) atoms. The van der Waals surface area contributed by atoms with E-state index in [9.17, 15) is 22.0 Å². The molecule has 118 valence electrons. The van der Waals surface area contributed by atoms with Gasteiger partial charge in [0.25, 0.3) is 0 Å². The smallest absolute Gasteiger partial charge is 0.369 e. The van der Waals surface area contributed by atoms with Crippen molar-refractivity contribution >= 4 is 5.69 Å². The highest BCUT2D eigenvalue weighted by Gasteiger charge is 2.30. The number of hydrogen-bond acceptors (Lipinski definition) is 3. The maximum absolute atomic E-state index is 12.5. The Morgan fingerprint density at radius 3 is 2.48 bits per heavy atom. The van der Waals surface area contributed by atoms with Crippen molar-refractivity contribution in [1.29, 1.82) is 0 Å². The lowest BCUT2D eigenvalue weighted by Crippen LogP contribution is -2.52. The zero-order valence-electron chi connectivity index (χ0n) is 11.0. The summed E-state index contributed by atoms with van der Waals surface area (Å²) in [6.07, 6.45) is -4.37. The van der Waals surface area contributed by atoms with E-state index in [2.05, 4.69) is 10.1 Å². The summed E-state index contributed by atoms with van der Waals surface area (Å²) in [6.45, 7) is -1.42. The van der Waals surface area contributed by atoms with E-state index in [1.165, 1.54) is 12.1 Å². The maximum Gasteiger partial charge on any atom is 0.416 e. The van der Waals surface area contributed by atoms with Crippen LogP contribution in [0.2, 0.25) is 0 Å². The number of hydrogen-bond donors (Lipinski definition) is 1. The van der Waals surface area contributed by atoms with Crippen LogP contribution in [0.25, 0.3) is 0 Å². The zero-order chi connectivity index (χ0) is 15.5. The third-order valence-electron chi connectivity index (χ3n) is 3.24. The van der Waals surface area contributed by atoms with Gasteiger partial charge in [-0.2, -0.15) is 22.0 Å². The Labute approximate surface area is 118 Å². The second-order valence-electron chi connectivity index (χ2n) is 4.74. The zero-order valence-corrected chi connectivity index (χ0v) is 11.0. The van der Waals surface area contributed by atoms with Crippen LogP contribution in [-0.2, 0) is 10.9 Å². The van der Waals surface area contributed by atoms with Crippen molar-refractivity contribution in [2.24, 2.45) is 0 Å². The number of anilines is 1. The molecule has 1 aliphatic heterocycles. The third kappa shape index (κ3) is 4.53. The third-order valence-corrected chi connectivity index (χ3v) is 3.24. The SMILES string of the molecule is FC(F)OC[C@@H]1CN(c2ccc(C(F)(F)F)cc2)CCN1. The first-order valence-electron chi connectivity index (χ1n) is 6.41. The van der Waals surface area contributed by atoms with Crippen LogP contribution in [0.4, 0.5) is 27.6 Å². The molecule has 2 rings (SSSR count). The van der Waals surface area contributed by atoms with E-state index in [4.69, 9.17) is 0 Å². The van der Waals surface area contributed by atoms with Gasteiger partial charge in [-0.1, -0.05) is 0 Å². The Morgan fingerprint density at radius 2 is 1.90 bits per heavy atom. The molecule has 8 heteroatoms. The van der Waals surface area contributed by atoms with Crippen molar-refractivity contribution in [3.05, 3.63) is 29.8 Å². The Kier molecular flexibility index (Phi) is 5.00. The minimum absolute atomic E-state index is 0.144. The fourth-order valence-electron chi connectivity index (χ4n) is 2.22. The summed E-state index contributed by atoms with van der Waals surface area (Å²) in [5.74, 6) is 0. The summed E-state index contributed by atoms with van der Waals surface area (Å²) in [6, 6.07) is 4.53. The van der Waals surface area contributed by atoms with E-state index in [1.807, 2.05) is 4.90 Å². The second kappa shape index (κ2) is 6.57. The van der Waals surface area contributed by atoms with Crippen molar-refractivity contribution < 1.29 is 26.7 Å². The molecule has 0 aromatic heterocycles. The van der Waals surface area contributed by atoms with E-state index in [0.29, 0.717) is 25.3 Å². The van der Waals surface area contributed by atoms with E-state index in [1.54, 1.807) is 0 Å². The van der Waals surface area contributed by atoms with Crippen LogP contribution in [0.5, 0.6) is 0 Å². The number of piperazine rings is 1. The molecule has 1 aromatic carbocycles. The van der Waals surface area contributed by atoms with Crippen LogP contribution in [0, 0.1) is 0 Å². The predicted molar refractivity (Wildman–Crippen MR) is 67.4 cm³/mol. The number of alkyl halides is 5. The molecule has 1 fully saturated rings. The van der Waals surface area contributed by atoms with Gasteiger partial charge in [-0.3, -0.25) is 0 Å². The summed E-state index contributed by atoms with van der Waals surface area (Å²) in [5, 5.41) is 3.03. The monoisotopic (exact) mass is 310 g/mol. The van der Waals surface area contributed by atoms with Gasteiger partial charge in [-0.25, -0.2) is 0 Å². The van der Waals surface area contributed by atoms with Crippen LogP contribution >= 0.6 is 0 Å². The highest BCUT2D eigenvalue weighted by atomic mass is 19.4. The molecule has 1 aliphatic rings. The highest BCUT2D eigenvalue weighted by Crippen LogP contribution is 2.30. The van der Waals surface area contributed by atoms with Gasteiger partial charge in [0.2, 0.25) is 0 Å². The number of nitrogens with one attached hydrogen (secondary N) is 1. The Hall–Kier alpha value is -1.41. The molecule has 0 radical (unpaired) electrons. The molecule has 1 N–H and O–H groups in total. The summed E-state index contributed by atoms with van der Waals surface area (Å²) in [4.78, 5) is 1.84. The van der Waals surface area contributed by atoms with E-state index in [-0.39, 0.29) is 12.6 Å². The van der Waals surface area contributed by atoms with Crippen LogP contribution in [0.1, 0.15) is 5.56 Å². The topological polar surface area (TPSA) is 24.5 Å². The number of rotatable bonds is 4. The summed E-state index contributed by atoms with van der Waals surface area (Å²) in [5.41, 5.74) is -0.0782. The maximum atomic E-state index is 12.5. The minimum atomic E-state index is -4.37. The Bertz CT molecular complexity index is 449. The van der Waals surface area contributed by atoms with E-state index < -0.39 is 18.4 Å². The van der Waals surface area contributed by atoms with Gasteiger partial charge in [0.15, 0.2) is 0 Å². The number of ether oxygens (including phenoxy) is 1. The number of nitrogens with zero attached hydrogens (tertiary/aromatic N) is 1. The molecule has 0 amide bonds. The van der Waals surface area contributed by atoms with Crippen LogP contribution in [-0.4, -0.2) is 38.9 Å². The van der Waals surface area contributed by atoms with Gasteiger partial charge in [0.1, 0.15) is 0 Å². The van der Waals surface area contributed by atoms with Gasteiger partial charge < -0.3 is 15.0 Å². The standard InChI is InChI=1S/C13H15F5N2O/c14-12(15)21-8-10-7-20(6-5-19-10)11-3-1-9(2-4-11)13(16,17)18/h1-4,10,12,19H,5-8H2/t10-/m0/s1. The Balaban J connectivity index is 1.97. The summed E-state index contributed by atoms with van der Waals surface area (Å²) < 4.78 is 65.7. The van der Waals surface area contributed by atoms with Gasteiger partial charge in [0.05, 0.1) is 12.2 Å². The Morgan fingerprint density at radius 1 is 1.24 bits per heavy atom. The summed E-state index contributed by atoms with van der Waals surface area (Å²) >= 11 is 0. The molecular formula is C13H15F5N2O. The van der Waals surface area contributed by atoms with Crippen molar-refractivity contribution in [3.63, 3.8) is 0 Å². The first-order valence-corrected chi connectivity index (χ1v) is 6.41. The van der Waals surface area contributed by atoms with E-state index in [0.717, 1.165) is 12.1 Å².